The Bertz CT molecular complexity index is 640. The number of hydrogen-bond acceptors (Lipinski definition) is 4. The van der Waals surface area contributed by atoms with E-state index in [-0.39, 0.29) is 5.91 Å². The summed E-state index contributed by atoms with van der Waals surface area (Å²) in [6.07, 6.45) is 0.407. The van der Waals surface area contributed by atoms with Crippen LogP contribution in [0.3, 0.4) is 0 Å². The van der Waals surface area contributed by atoms with Gasteiger partial charge in [0.05, 0.1) is 12.0 Å². The minimum absolute atomic E-state index is 0.0424. The third kappa shape index (κ3) is 4.62. The van der Waals surface area contributed by atoms with Gasteiger partial charge in [-0.2, -0.15) is 5.26 Å². The highest BCUT2D eigenvalue weighted by molar-refractivity contribution is 7.10. The van der Waals surface area contributed by atoms with Crippen molar-refractivity contribution in [3.8, 4) is 6.07 Å². The second kappa shape index (κ2) is 7.46. The van der Waals surface area contributed by atoms with Gasteiger partial charge in [0.1, 0.15) is 6.07 Å². The van der Waals surface area contributed by atoms with E-state index in [1.54, 1.807) is 11.3 Å². The lowest BCUT2D eigenvalue weighted by Crippen LogP contribution is -2.24. The number of benzene rings is 1. The Morgan fingerprint density at radius 3 is 2.71 bits per heavy atom. The lowest BCUT2D eigenvalue weighted by atomic mass is 10.1. The zero-order valence-electron chi connectivity index (χ0n) is 11.8. The molecular formula is C16H17N3OS. The van der Waals surface area contributed by atoms with Crippen LogP contribution < -0.4 is 10.6 Å². The van der Waals surface area contributed by atoms with Crippen molar-refractivity contribution >= 4 is 22.9 Å². The van der Waals surface area contributed by atoms with Crippen molar-refractivity contribution in [1.82, 2.24) is 5.32 Å². The molecule has 0 bridgehead atoms. The monoisotopic (exact) mass is 299 g/mol. The minimum atomic E-state index is 0.0424. The van der Waals surface area contributed by atoms with Gasteiger partial charge in [-0.25, -0.2) is 0 Å². The summed E-state index contributed by atoms with van der Waals surface area (Å²) in [5.41, 5.74) is 2.70. The van der Waals surface area contributed by atoms with E-state index in [9.17, 15) is 4.79 Å². The number of carbonyl (C=O) groups is 1. The first-order chi connectivity index (χ1) is 10.2. The van der Waals surface area contributed by atoms with Crippen LogP contribution in [0.5, 0.6) is 0 Å². The maximum atomic E-state index is 11.5. The zero-order valence-corrected chi connectivity index (χ0v) is 12.7. The Morgan fingerprint density at radius 2 is 2.10 bits per heavy atom. The topological polar surface area (TPSA) is 64.9 Å². The van der Waals surface area contributed by atoms with E-state index in [2.05, 4.69) is 16.7 Å². The Labute approximate surface area is 128 Å². The second-order valence-corrected chi connectivity index (χ2v) is 5.59. The van der Waals surface area contributed by atoms with Crippen LogP contribution in [-0.2, 0) is 17.8 Å². The molecule has 2 aromatic rings. The molecule has 1 heterocycles. The Hall–Kier alpha value is -2.32. The van der Waals surface area contributed by atoms with Crippen LogP contribution in [0.25, 0.3) is 0 Å². The van der Waals surface area contributed by atoms with Gasteiger partial charge in [-0.1, -0.05) is 12.1 Å². The number of nitriles is 1. The first-order valence-corrected chi connectivity index (χ1v) is 7.66. The molecule has 2 rings (SSSR count). The van der Waals surface area contributed by atoms with E-state index in [0.717, 1.165) is 16.1 Å². The van der Waals surface area contributed by atoms with Gasteiger partial charge in [0.2, 0.25) is 5.91 Å². The quantitative estimate of drug-likeness (QED) is 0.862. The number of anilines is 1. The van der Waals surface area contributed by atoms with Crippen molar-refractivity contribution in [3.63, 3.8) is 0 Å². The molecule has 0 aliphatic carbocycles. The number of nitrogens with one attached hydrogen (secondary N) is 2. The molecule has 1 aromatic heterocycles. The highest BCUT2D eigenvalue weighted by atomic mass is 32.1. The summed E-state index contributed by atoms with van der Waals surface area (Å²) in [6.45, 7) is 3.26. The average molecular weight is 299 g/mol. The largest absolute Gasteiger partial charge is 0.380 e. The first kappa shape index (κ1) is 15.1. The summed E-state index contributed by atoms with van der Waals surface area (Å²) < 4.78 is 0. The molecule has 0 fully saturated rings. The van der Waals surface area contributed by atoms with Crippen molar-refractivity contribution in [1.29, 1.82) is 5.26 Å². The fraction of sp³-hybridized carbons (Fsp3) is 0.250. The first-order valence-electron chi connectivity index (χ1n) is 6.78. The molecule has 108 valence electrons. The molecule has 0 aliphatic rings. The van der Waals surface area contributed by atoms with Crippen LogP contribution in [0, 0.1) is 11.3 Å². The molecule has 0 unspecified atom stereocenters. The van der Waals surface area contributed by atoms with Gasteiger partial charge < -0.3 is 10.6 Å². The van der Waals surface area contributed by atoms with Crippen molar-refractivity contribution in [2.24, 2.45) is 0 Å². The minimum Gasteiger partial charge on any atom is -0.380 e. The Morgan fingerprint density at radius 1 is 1.33 bits per heavy atom. The lowest BCUT2D eigenvalue weighted by molar-refractivity contribution is -0.120. The molecule has 1 amide bonds. The molecule has 1 aromatic carbocycles. The summed E-state index contributed by atoms with van der Waals surface area (Å²) in [5.74, 6) is 0.0424. The lowest BCUT2D eigenvalue weighted by Gasteiger charge is -2.06. The smallest absolute Gasteiger partial charge is 0.224 e. The number of likely N-dealkylation sites (N-methyl/N-ethyl adjacent to an activating group) is 1. The van der Waals surface area contributed by atoms with Crippen molar-refractivity contribution in [3.05, 3.63) is 51.7 Å². The molecule has 0 radical (unpaired) electrons. The van der Waals surface area contributed by atoms with Crippen LogP contribution in [-0.4, -0.2) is 12.5 Å². The van der Waals surface area contributed by atoms with Crippen molar-refractivity contribution in [2.45, 2.75) is 19.9 Å². The van der Waals surface area contributed by atoms with E-state index in [1.165, 1.54) is 0 Å². The molecule has 0 atom stereocenters. The third-order valence-electron chi connectivity index (χ3n) is 2.94. The van der Waals surface area contributed by atoms with E-state index in [1.807, 2.05) is 42.6 Å². The van der Waals surface area contributed by atoms with Crippen LogP contribution in [0.1, 0.15) is 22.9 Å². The average Bonchev–Trinajstić information content (AvgIpc) is 2.95. The summed E-state index contributed by atoms with van der Waals surface area (Å²) in [6, 6.07) is 11.8. The number of thiophene rings is 1. The molecule has 0 spiro atoms. The molecule has 21 heavy (non-hydrogen) atoms. The number of carbonyl (C=O) groups excluding carboxylic acids is 1. The van der Waals surface area contributed by atoms with Gasteiger partial charge in [0, 0.05) is 29.0 Å². The van der Waals surface area contributed by atoms with Crippen LogP contribution in [0.2, 0.25) is 0 Å². The fourth-order valence-corrected chi connectivity index (χ4v) is 2.66. The van der Waals surface area contributed by atoms with Crippen molar-refractivity contribution in [2.75, 3.05) is 11.9 Å². The predicted octanol–water partition coefficient (Wildman–Crippen LogP) is 2.91. The Kier molecular flexibility index (Phi) is 5.35. The molecule has 2 N–H and O–H groups in total. The molecule has 5 heteroatoms. The normalized spacial score (nSPS) is 9.90. The van der Waals surface area contributed by atoms with E-state index >= 15 is 0 Å². The summed E-state index contributed by atoms with van der Waals surface area (Å²) in [4.78, 5) is 12.6. The third-order valence-corrected chi connectivity index (χ3v) is 3.88. The summed E-state index contributed by atoms with van der Waals surface area (Å²) in [5, 5.41) is 16.7. The van der Waals surface area contributed by atoms with Gasteiger partial charge in [0.25, 0.3) is 0 Å². The maximum absolute atomic E-state index is 11.5. The summed E-state index contributed by atoms with van der Waals surface area (Å²) in [7, 11) is 0. The highest BCUT2D eigenvalue weighted by Gasteiger charge is 2.02. The van der Waals surface area contributed by atoms with E-state index in [4.69, 9.17) is 5.26 Å². The molecule has 0 saturated carbocycles. The van der Waals surface area contributed by atoms with Crippen molar-refractivity contribution < 1.29 is 4.79 Å². The second-order valence-electron chi connectivity index (χ2n) is 4.59. The standard InChI is InChI=1S/C16H17N3OS/c1-2-18-16(20)8-12-3-5-14(6-4-12)19-10-15-7-13(9-17)11-21-15/h3-7,11,19H,2,8,10H2,1H3,(H,18,20). The van der Waals surface area contributed by atoms with Crippen LogP contribution in [0.4, 0.5) is 5.69 Å². The number of nitrogens with zero attached hydrogens (tertiary/aromatic N) is 1. The number of rotatable bonds is 6. The van der Waals surface area contributed by atoms with Gasteiger partial charge in [-0.05, 0) is 30.7 Å². The van der Waals surface area contributed by atoms with Gasteiger partial charge in [-0.3, -0.25) is 4.79 Å². The summed E-state index contributed by atoms with van der Waals surface area (Å²) >= 11 is 1.57. The van der Waals surface area contributed by atoms with Gasteiger partial charge in [-0.15, -0.1) is 11.3 Å². The van der Waals surface area contributed by atoms with E-state index in [0.29, 0.717) is 25.1 Å². The van der Waals surface area contributed by atoms with Gasteiger partial charge >= 0.3 is 0 Å². The maximum Gasteiger partial charge on any atom is 0.224 e. The zero-order chi connectivity index (χ0) is 15.1. The Balaban J connectivity index is 1.87. The molecule has 0 aliphatic heterocycles. The molecular weight excluding hydrogens is 282 g/mol. The van der Waals surface area contributed by atoms with Gasteiger partial charge in [0.15, 0.2) is 0 Å². The van der Waals surface area contributed by atoms with Crippen LogP contribution >= 0.6 is 11.3 Å². The number of hydrogen-bond donors (Lipinski definition) is 2. The number of amides is 1. The molecule has 4 nitrogen and oxygen atoms in total. The SMILES string of the molecule is CCNC(=O)Cc1ccc(NCc2cc(C#N)cs2)cc1. The van der Waals surface area contributed by atoms with Crippen LogP contribution in [0.15, 0.2) is 35.7 Å². The van der Waals surface area contributed by atoms with E-state index < -0.39 is 0 Å². The predicted molar refractivity (Wildman–Crippen MR) is 85.2 cm³/mol. The molecule has 0 saturated heterocycles. The fourth-order valence-electron chi connectivity index (χ4n) is 1.91. The highest BCUT2D eigenvalue weighted by Crippen LogP contribution is 2.16.